The molecule has 0 aromatic heterocycles. The standard InChI is InChI=1S/2C4H6O2.H2O.Pb/c2*1-3(2)4(5)6;;/h2*1H2,2H3,(H,5,6);1H2;/q;;;+2/p-2. The van der Waals surface area contributed by atoms with Crippen LogP contribution in [0.5, 0.6) is 0 Å². The molecule has 0 amide bonds. The first-order chi connectivity index (χ1) is 5.95. The van der Waals surface area contributed by atoms with E-state index in [9.17, 15) is 9.59 Å². The Hall–Kier alpha value is -0.698. The fourth-order valence-electron chi connectivity index (χ4n) is 0.271. The van der Waals surface area contributed by atoms with E-state index in [-0.39, 0.29) is 5.48 Å². The van der Waals surface area contributed by atoms with Crippen molar-refractivity contribution in [1.29, 1.82) is 0 Å². The summed E-state index contributed by atoms with van der Waals surface area (Å²) in [5.41, 5.74) is 0.609. The van der Waals surface area contributed by atoms with Gasteiger partial charge >= 0.3 is 90.2 Å². The van der Waals surface area contributed by atoms with E-state index in [0.29, 0.717) is 11.1 Å². The summed E-state index contributed by atoms with van der Waals surface area (Å²) in [6.45, 7) is 9.84. The van der Waals surface area contributed by atoms with Crippen molar-refractivity contribution in [1.82, 2.24) is 0 Å². The summed E-state index contributed by atoms with van der Waals surface area (Å²) in [6.07, 6.45) is 0. The molecule has 0 aromatic carbocycles. The molecular formula is C8H12O5Pb. The molecule has 0 saturated heterocycles. The van der Waals surface area contributed by atoms with Gasteiger partial charge in [-0.1, -0.05) is 0 Å². The summed E-state index contributed by atoms with van der Waals surface area (Å²) >= 11 is -2.06. The Balaban J connectivity index is 0. The maximum absolute atomic E-state index is 10.8. The van der Waals surface area contributed by atoms with Crippen LogP contribution >= 0.6 is 0 Å². The van der Waals surface area contributed by atoms with Crippen LogP contribution in [0.25, 0.3) is 0 Å². The monoisotopic (exact) mass is 396 g/mol. The van der Waals surface area contributed by atoms with Crippen LogP contribution in [0.3, 0.4) is 0 Å². The van der Waals surface area contributed by atoms with Gasteiger partial charge in [-0.05, 0) is 0 Å². The Labute approximate surface area is 95.6 Å². The van der Waals surface area contributed by atoms with Gasteiger partial charge in [0.25, 0.3) is 0 Å². The minimum absolute atomic E-state index is 0. The largest absolute Gasteiger partial charge is 0.412 e. The molecular weight excluding hydrogens is 383 g/mol. The number of carbonyl (C=O) groups excluding carboxylic acids is 2. The van der Waals surface area contributed by atoms with E-state index in [1.165, 1.54) is 13.8 Å². The second-order valence-electron chi connectivity index (χ2n) is 2.42. The maximum atomic E-state index is 10.8. The van der Waals surface area contributed by atoms with E-state index in [0.717, 1.165) is 0 Å². The van der Waals surface area contributed by atoms with Crippen LogP contribution in [-0.4, -0.2) is 42.6 Å². The van der Waals surface area contributed by atoms with Crippen LogP contribution in [0, 0.1) is 0 Å². The molecule has 0 fully saturated rings. The van der Waals surface area contributed by atoms with Gasteiger partial charge in [0.15, 0.2) is 0 Å². The predicted octanol–water partition coefficient (Wildman–Crippen LogP) is -0.0655. The summed E-state index contributed by atoms with van der Waals surface area (Å²) < 4.78 is 9.39. The Bertz CT molecular complexity index is 232. The van der Waals surface area contributed by atoms with Gasteiger partial charge in [0.2, 0.25) is 0 Å². The first-order valence-electron chi connectivity index (χ1n) is 3.43. The van der Waals surface area contributed by atoms with Crippen molar-refractivity contribution in [3.05, 3.63) is 24.3 Å². The van der Waals surface area contributed by atoms with Gasteiger partial charge in [0.1, 0.15) is 0 Å². The third-order valence-corrected chi connectivity index (χ3v) is 3.06. The van der Waals surface area contributed by atoms with Crippen molar-refractivity contribution in [2.24, 2.45) is 0 Å². The van der Waals surface area contributed by atoms with Crippen molar-refractivity contribution < 1.29 is 20.4 Å². The Morgan fingerprint density at radius 2 is 1.29 bits per heavy atom. The van der Waals surface area contributed by atoms with Crippen molar-refractivity contribution in [3.63, 3.8) is 0 Å². The molecule has 0 aliphatic heterocycles. The molecule has 2 radical (unpaired) electrons. The molecule has 6 heteroatoms. The normalized spacial score (nSPS) is 8.14. The van der Waals surface area contributed by atoms with E-state index in [1.807, 2.05) is 0 Å². The van der Waals surface area contributed by atoms with Crippen molar-refractivity contribution >= 4 is 37.1 Å². The van der Waals surface area contributed by atoms with Crippen LogP contribution in [0.1, 0.15) is 13.8 Å². The third-order valence-electron chi connectivity index (χ3n) is 0.966. The number of rotatable bonds is 4. The molecule has 0 unspecified atom stereocenters. The summed E-state index contributed by atoms with van der Waals surface area (Å²) in [4.78, 5) is 21.6. The smallest absolute Gasteiger partial charge is 0.412 e. The quantitative estimate of drug-likeness (QED) is 0.493. The van der Waals surface area contributed by atoms with Gasteiger partial charge in [0, 0.05) is 0 Å². The van der Waals surface area contributed by atoms with Crippen LogP contribution in [0.15, 0.2) is 24.3 Å². The van der Waals surface area contributed by atoms with Gasteiger partial charge in [-0.2, -0.15) is 0 Å². The van der Waals surface area contributed by atoms with Crippen molar-refractivity contribution in [2.75, 3.05) is 0 Å². The van der Waals surface area contributed by atoms with E-state index in [2.05, 4.69) is 13.2 Å². The first-order valence-corrected chi connectivity index (χ1v) is 6.61. The average molecular weight is 395 g/mol. The minimum atomic E-state index is -2.06. The molecule has 14 heavy (non-hydrogen) atoms. The molecule has 0 rings (SSSR count). The predicted molar refractivity (Wildman–Crippen MR) is 51.2 cm³/mol. The molecule has 0 aliphatic carbocycles. The molecule has 0 aliphatic rings. The summed E-state index contributed by atoms with van der Waals surface area (Å²) in [5.74, 6) is -1.00. The molecule has 0 bridgehead atoms. The number of hydrogen-bond donors (Lipinski definition) is 0. The van der Waals surface area contributed by atoms with E-state index < -0.39 is 37.1 Å². The fourth-order valence-corrected chi connectivity index (χ4v) is 2.38. The maximum Gasteiger partial charge on any atom is -0.412 e. The van der Waals surface area contributed by atoms with E-state index in [1.54, 1.807) is 0 Å². The van der Waals surface area contributed by atoms with Gasteiger partial charge in [0.05, 0.1) is 0 Å². The fraction of sp³-hybridized carbons (Fsp3) is 0.250. The zero-order valence-electron chi connectivity index (χ0n) is 8.05. The van der Waals surface area contributed by atoms with Crippen molar-refractivity contribution in [3.8, 4) is 0 Å². The molecule has 0 aromatic rings. The van der Waals surface area contributed by atoms with Crippen LogP contribution in [0.2, 0.25) is 0 Å². The number of carbonyl (C=O) groups is 2. The third kappa shape index (κ3) is 6.78. The number of hydrogen-bond acceptors (Lipinski definition) is 4. The van der Waals surface area contributed by atoms with Gasteiger partial charge in [-0.3, -0.25) is 0 Å². The molecule has 0 saturated carbocycles. The molecule has 0 spiro atoms. The minimum Gasteiger partial charge on any atom is -0.412 e. The topological polar surface area (TPSA) is 84.1 Å². The second kappa shape index (κ2) is 7.68. The molecule has 78 valence electrons. The van der Waals surface area contributed by atoms with E-state index >= 15 is 0 Å². The summed E-state index contributed by atoms with van der Waals surface area (Å²) in [7, 11) is 0. The Morgan fingerprint density at radius 3 is 1.50 bits per heavy atom. The molecule has 2 N–H and O–H groups in total. The van der Waals surface area contributed by atoms with Crippen LogP contribution in [-0.2, 0) is 15.0 Å². The van der Waals surface area contributed by atoms with Gasteiger partial charge in [-0.25, -0.2) is 0 Å². The van der Waals surface area contributed by atoms with Crippen LogP contribution < -0.4 is 0 Å². The first kappa shape index (κ1) is 15.8. The molecule has 5 nitrogen and oxygen atoms in total. The Morgan fingerprint density at radius 1 is 1.00 bits per heavy atom. The van der Waals surface area contributed by atoms with E-state index in [4.69, 9.17) is 5.37 Å². The van der Waals surface area contributed by atoms with Crippen molar-refractivity contribution in [2.45, 2.75) is 13.8 Å². The Kier molecular flexibility index (Phi) is 8.65. The molecule has 0 heterocycles. The van der Waals surface area contributed by atoms with Gasteiger partial charge < -0.3 is 5.48 Å². The SMILES string of the molecule is C=C(C)C(=O)[O][Pb][O]C(=O)C(=C)C.O. The zero-order chi connectivity index (χ0) is 10.4. The van der Waals surface area contributed by atoms with Gasteiger partial charge in [-0.15, -0.1) is 0 Å². The summed E-state index contributed by atoms with van der Waals surface area (Å²) in [5, 5.41) is 0. The molecule has 0 atom stereocenters. The summed E-state index contributed by atoms with van der Waals surface area (Å²) in [6, 6.07) is 0. The van der Waals surface area contributed by atoms with Crippen LogP contribution in [0.4, 0.5) is 0 Å². The second-order valence-corrected chi connectivity index (χ2v) is 4.66. The average Bonchev–Trinajstić information content (AvgIpc) is 2.03. The zero-order valence-corrected chi connectivity index (χ0v) is 11.9.